The van der Waals surface area contributed by atoms with Gasteiger partial charge in [0.2, 0.25) is 5.88 Å². The number of aliphatic hydroxyl groups is 1. The van der Waals surface area contributed by atoms with Crippen LogP contribution in [0.4, 0.5) is 5.13 Å². The number of anilines is 1. The van der Waals surface area contributed by atoms with E-state index in [1.54, 1.807) is 23.6 Å². The summed E-state index contributed by atoms with van der Waals surface area (Å²) in [4.78, 5) is 16.7. The Bertz CT molecular complexity index is 1170. The lowest BCUT2D eigenvalue weighted by Gasteiger charge is -2.27. The SMILES string of the molecule is CN1C(O)=C(C(=O)Nc2nccs2)c2cc3ccccc3cc2S1(=O)=O. The number of fused-ring (bicyclic) bond motifs is 2. The molecular weight excluding hydrogens is 374 g/mol. The maximum atomic E-state index is 12.7. The lowest BCUT2D eigenvalue weighted by Crippen LogP contribution is -2.34. The number of nitrogens with zero attached hydrogens (tertiary/aromatic N) is 2. The van der Waals surface area contributed by atoms with Crippen molar-refractivity contribution >= 4 is 48.7 Å². The number of benzene rings is 2. The van der Waals surface area contributed by atoms with Gasteiger partial charge in [0.1, 0.15) is 5.57 Å². The minimum atomic E-state index is -3.96. The Kier molecular flexibility index (Phi) is 3.70. The van der Waals surface area contributed by atoms with Gasteiger partial charge in [-0.1, -0.05) is 24.3 Å². The van der Waals surface area contributed by atoms with Crippen LogP contribution < -0.4 is 5.32 Å². The number of thiazole rings is 1. The molecule has 0 unspecified atom stereocenters. The second-order valence-electron chi connectivity index (χ2n) is 5.66. The van der Waals surface area contributed by atoms with Gasteiger partial charge in [0.05, 0.1) is 4.90 Å². The van der Waals surface area contributed by atoms with Crippen LogP contribution in [0.15, 0.2) is 58.8 Å². The van der Waals surface area contributed by atoms with Gasteiger partial charge in [0.15, 0.2) is 5.13 Å². The molecular formula is C17H13N3O4S2. The van der Waals surface area contributed by atoms with E-state index in [1.807, 2.05) is 12.1 Å². The average molecular weight is 387 g/mol. The van der Waals surface area contributed by atoms with Crippen molar-refractivity contribution in [2.24, 2.45) is 0 Å². The van der Waals surface area contributed by atoms with E-state index >= 15 is 0 Å². The van der Waals surface area contributed by atoms with Crippen molar-refractivity contribution in [1.82, 2.24) is 9.29 Å². The Balaban J connectivity index is 1.95. The molecule has 0 radical (unpaired) electrons. The number of rotatable bonds is 2. The maximum absolute atomic E-state index is 12.7. The first-order chi connectivity index (χ1) is 12.4. The molecule has 1 amide bonds. The number of amides is 1. The summed E-state index contributed by atoms with van der Waals surface area (Å²) >= 11 is 1.22. The van der Waals surface area contributed by atoms with Crippen molar-refractivity contribution in [1.29, 1.82) is 0 Å². The van der Waals surface area contributed by atoms with Gasteiger partial charge in [-0.3, -0.25) is 10.1 Å². The van der Waals surface area contributed by atoms with Crippen LogP contribution in [0.3, 0.4) is 0 Å². The molecule has 2 N–H and O–H groups in total. The maximum Gasteiger partial charge on any atom is 0.267 e. The van der Waals surface area contributed by atoms with Crippen LogP contribution in [0, 0.1) is 0 Å². The molecule has 0 saturated carbocycles. The lowest BCUT2D eigenvalue weighted by molar-refractivity contribution is -0.111. The highest BCUT2D eigenvalue weighted by Gasteiger charge is 2.37. The highest BCUT2D eigenvalue weighted by atomic mass is 32.2. The van der Waals surface area contributed by atoms with E-state index in [-0.39, 0.29) is 16.0 Å². The highest BCUT2D eigenvalue weighted by molar-refractivity contribution is 7.89. The monoisotopic (exact) mass is 387 g/mol. The highest BCUT2D eigenvalue weighted by Crippen LogP contribution is 2.38. The zero-order valence-electron chi connectivity index (χ0n) is 13.5. The van der Waals surface area contributed by atoms with Crippen LogP contribution in [-0.2, 0) is 14.8 Å². The minimum Gasteiger partial charge on any atom is -0.493 e. The fraction of sp³-hybridized carbons (Fsp3) is 0.0588. The number of aliphatic hydroxyl groups excluding tert-OH is 1. The van der Waals surface area contributed by atoms with E-state index in [2.05, 4.69) is 10.3 Å². The number of aromatic nitrogens is 1. The third kappa shape index (κ3) is 2.44. The van der Waals surface area contributed by atoms with E-state index in [4.69, 9.17) is 0 Å². The smallest absolute Gasteiger partial charge is 0.267 e. The standard InChI is InChI=1S/C17H13N3O4S2/c1-20-16(22)14(15(21)19-17-18-6-7-25-17)12-8-10-4-2-3-5-11(10)9-13(12)26(20,23)24/h2-9,22H,1H3,(H,18,19,21). The predicted molar refractivity (Wildman–Crippen MR) is 99.2 cm³/mol. The van der Waals surface area contributed by atoms with E-state index in [0.29, 0.717) is 9.44 Å². The number of carbonyl (C=O) groups excluding carboxylic acids is 1. The Morgan fingerprint density at radius 1 is 1.23 bits per heavy atom. The third-order valence-corrected chi connectivity index (χ3v) is 6.63. The summed E-state index contributed by atoms with van der Waals surface area (Å²) in [6, 6.07) is 10.3. The number of carbonyl (C=O) groups is 1. The summed E-state index contributed by atoms with van der Waals surface area (Å²) in [5, 5.41) is 16.6. The second kappa shape index (κ2) is 5.82. The van der Waals surface area contributed by atoms with Crippen LogP contribution >= 0.6 is 11.3 Å². The van der Waals surface area contributed by atoms with E-state index < -0.39 is 21.8 Å². The molecule has 1 aliphatic rings. The fourth-order valence-corrected chi connectivity index (χ4v) is 4.69. The number of sulfonamides is 1. The van der Waals surface area contributed by atoms with Crippen molar-refractivity contribution in [3.05, 3.63) is 59.4 Å². The van der Waals surface area contributed by atoms with Crippen LogP contribution in [-0.4, -0.2) is 35.8 Å². The molecule has 9 heteroatoms. The van der Waals surface area contributed by atoms with Gasteiger partial charge in [-0.2, -0.15) is 0 Å². The molecule has 0 atom stereocenters. The van der Waals surface area contributed by atoms with E-state index in [0.717, 1.165) is 10.8 Å². The zero-order valence-corrected chi connectivity index (χ0v) is 15.1. The summed E-state index contributed by atoms with van der Waals surface area (Å²) in [5.41, 5.74) is 0.0478. The summed E-state index contributed by atoms with van der Waals surface area (Å²) in [5.74, 6) is -1.25. The van der Waals surface area contributed by atoms with Crippen LogP contribution in [0.25, 0.3) is 16.3 Å². The molecule has 7 nitrogen and oxygen atoms in total. The molecule has 2 heterocycles. The molecule has 0 fully saturated rings. The van der Waals surface area contributed by atoms with Gasteiger partial charge in [-0.05, 0) is 22.9 Å². The molecule has 1 aliphatic heterocycles. The van der Waals surface area contributed by atoms with Gasteiger partial charge in [-0.15, -0.1) is 11.3 Å². The molecule has 2 aromatic carbocycles. The Labute approximate surface area is 153 Å². The molecule has 0 spiro atoms. The summed E-state index contributed by atoms with van der Waals surface area (Å²) in [6.07, 6.45) is 1.54. The quantitative estimate of drug-likeness (QED) is 0.704. The van der Waals surface area contributed by atoms with Crippen LogP contribution in [0.1, 0.15) is 5.56 Å². The Hall–Kier alpha value is -2.91. The first-order valence-electron chi connectivity index (χ1n) is 7.56. The lowest BCUT2D eigenvalue weighted by atomic mass is 10.0. The van der Waals surface area contributed by atoms with E-state index in [9.17, 15) is 18.3 Å². The van der Waals surface area contributed by atoms with Crippen molar-refractivity contribution in [2.45, 2.75) is 4.90 Å². The van der Waals surface area contributed by atoms with Crippen molar-refractivity contribution in [3.8, 4) is 0 Å². The van der Waals surface area contributed by atoms with Gasteiger partial charge in [-0.25, -0.2) is 17.7 Å². The molecule has 1 aromatic heterocycles. The second-order valence-corrected chi connectivity index (χ2v) is 8.49. The summed E-state index contributed by atoms with van der Waals surface area (Å²) in [7, 11) is -2.75. The Morgan fingerprint density at radius 3 is 2.58 bits per heavy atom. The Morgan fingerprint density at radius 2 is 1.92 bits per heavy atom. The van der Waals surface area contributed by atoms with Gasteiger partial charge < -0.3 is 5.11 Å². The molecule has 0 aliphatic carbocycles. The van der Waals surface area contributed by atoms with Crippen LogP contribution in [0.5, 0.6) is 0 Å². The minimum absolute atomic E-state index is 0.0270. The van der Waals surface area contributed by atoms with Crippen molar-refractivity contribution in [2.75, 3.05) is 12.4 Å². The first-order valence-corrected chi connectivity index (χ1v) is 9.88. The molecule has 0 saturated heterocycles. The number of hydrogen-bond donors (Lipinski definition) is 2. The first kappa shape index (κ1) is 16.6. The predicted octanol–water partition coefficient (Wildman–Crippen LogP) is 2.80. The molecule has 26 heavy (non-hydrogen) atoms. The number of hydrogen-bond acceptors (Lipinski definition) is 6. The largest absolute Gasteiger partial charge is 0.493 e. The fourth-order valence-electron chi connectivity index (χ4n) is 2.84. The van der Waals surface area contributed by atoms with Gasteiger partial charge in [0.25, 0.3) is 15.9 Å². The summed E-state index contributed by atoms with van der Waals surface area (Å²) in [6.45, 7) is 0. The van der Waals surface area contributed by atoms with E-state index in [1.165, 1.54) is 30.6 Å². The normalized spacial score (nSPS) is 15.8. The molecule has 3 aromatic rings. The molecule has 132 valence electrons. The van der Waals surface area contributed by atoms with Crippen molar-refractivity contribution < 1.29 is 18.3 Å². The average Bonchev–Trinajstić information content (AvgIpc) is 3.12. The van der Waals surface area contributed by atoms with Gasteiger partial charge >= 0.3 is 0 Å². The topological polar surface area (TPSA) is 99.6 Å². The number of nitrogens with one attached hydrogen (secondary N) is 1. The van der Waals surface area contributed by atoms with Crippen LogP contribution in [0.2, 0.25) is 0 Å². The van der Waals surface area contributed by atoms with Gasteiger partial charge in [0, 0.05) is 24.2 Å². The zero-order chi connectivity index (χ0) is 18.5. The molecule has 0 bridgehead atoms. The molecule has 4 rings (SSSR count). The van der Waals surface area contributed by atoms with Crippen molar-refractivity contribution in [3.63, 3.8) is 0 Å². The summed E-state index contributed by atoms with van der Waals surface area (Å²) < 4.78 is 26.2. The third-order valence-electron chi connectivity index (χ3n) is 4.16.